The number of rotatable bonds is 3. The third-order valence-corrected chi connectivity index (χ3v) is 3.37. The number of nitrogens with zero attached hydrogens (tertiary/aromatic N) is 2. The first-order valence-corrected chi connectivity index (χ1v) is 5.75. The van der Waals surface area contributed by atoms with Crippen LogP contribution in [0, 0.1) is 17.5 Å². The van der Waals surface area contributed by atoms with Gasteiger partial charge in [-0.2, -0.15) is 4.98 Å². The second-order valence-electron chi connectivity index (χ2n) is 4.66. The number of nitrogens with two attached hydrogens (primary N) is 1. The molecular formula is C12H10F3N3O. The van der Waals surface area contributed by atoms with Crippen molar-refractivity contribution in [2.75, 3.05) is 6.54 Å². The Morgan fingerprint density at radius 1 is 1.21 bits per heavy atom. The molecule has 1 aromatic carbocycles. The van der Waals surface area contributed by atoms with Crippen molar-refractivity contribution in [3.8, 4) is 11.4 Å². The number of aromatic nitrogens is 2. The molecule has 1 fully saturated rings. The monoisotopic (exact) mass is 269 g/mol. The number of halogens is 3. The Kier molecular flexibility index (Phi) is 2.60. The summed E-state index contributed by atoms with van der Waals surface area (Å²) in [7, 11) is 0. The van der Waals surface area contributed by atoms with Crippen LogP contribution in [0.5, 0.6) is 0 Å². The molecule has 0 unspecified atom stereocenters. The van der Waals surface area contributed by atoms with Crippen molar-refractivity contribution in [2.45, 2.75) is 18.3 Å². The molecule has 100 valence electrons. The van der Waals surface area contributed by atoms with Crippen molar-refractivity contribution in [1.82, 2.24) is 10.1 Å². The van der Waals surface area contributed by atoms with Crippen molar-refractivity contribution in [3.63, 3.8) is 0 Å². The zero-order valence-electron chi connectivity index (χ0n) is 9.79. The largest absolute Gasteiger partial charge is 0.338 e. The minimum atomic E-state index is -1.52. The van der Waals surface area contributed by atoms with Crippen LogP contribution in [-0.4, -0.2) is 16.7 Å². The molecule has 4 nitrogen and oxygen atoms in total. The summed E-state index contributed by atoms with van der Waals surface area (Å²) in [5, 5.41) is 3.66. The van der Waals surface area contributed by atoms with Crippen LogP contribution in [0.1, 0.15) is 18.7 Å². The van der Waals surface area contributed by atoms with E-state index in [9.17, 15) is 13.2 Å². The van der Waals surface area contributed by atoms with E-state index in [2.05, 4.69) is 10.1 Å². The minimum absolute atomic E-state index is 0.0209. The first-order valence-electron chi connectivity index (χ1n) is 5.75. The summed E-state index contributed by atoms with van der Waals surface area (Å²) in [6, 6.07) is 1.66. The van der Waals surface area contributed by atoms with Crippen LogP contribution in [0.3, 0.4) is 0 Å². The summed E-state index contributed by atoms with van der Waals surface area (Å²) in [6.07, 6.45) is 1.69. The van der Waals surface area contributed by atoms with E-state index in [1.165, 1.54) is 0 Å². The van der Waals surface area contributed by atoms with E-state index in [4.69, 9.17) is 10.3 Å². The Labute approximate surface area is 106 Å². The predicted octanol–water partition coefficient (Wildman–Crippen LogP) is 2.14. The molecule has 1 aliphatic carbocycles. The van der Waals surface area contributed by atoms with Gasteiger partial charge in [0.05, 0.1) is 5.41 Å². The Hall–Kier alpha value is -1.89. The van der Waals surface area contributed by atoms with Gasteiger partial charge in [0.15, 0.2) is 17.5 Å². The third kappa shape index (κ3) is 1.90. The van der Waals surface area contributed by atoms with Gasteiger partial charge in [0.2, 0.25) is 11.7 Å². The molecule has 1 heterocycles. The summed E-state index contributed by atoms with van der Waals surface area (Å²) < 4.78 is 44.2. The molecule has 1 aliphatic rings. The second kappa shape index (κ2) is 4.06. The summed E-state index contributed by atoms with van der Waals surface area (Å²) in [6.45, 7) is 0.376. The zero-order valence-corrected chi connectivity index (χ0v) is 9.79. The van der Waals surface area contributed by atoms with Crippen LogP contribution in [-0.2, 0) is 5.41 Å². The van der Waals surface area contributed by atoms with E-state index < -0.39 is 17.5 Å². The summed E-state index contributed by atoms with van der Waals surface area (Å²) in [4.78, 5) is 4.08. The molecule has 0 spiro atoms. The van der Waals surface area contributed by atoms with Crippen molar-refractivity contribution in [3.05, 3.63) is 35.5 Å². The molecule has 19 heavy (non-hydrogen) atoms. The molecule has 0 bridgehead atoms. The molecule has 1 saturated carbocycles. The van der Waals surface area contributed by atoms with Gasteiger partial charge in [-0.25, -0.2) is 13.2 Å². The molecular weight excluding hydrogens is 259 g/mol. The van der Waals surface area contributed by atoms with Gasteiger partial charge in [0.1, 0.15) is 0 Å². The fourth-order valence-corrected chi connectivity index (χ4v) is 1.90. The Bertz CT molecular complexity index is 614. The molecule has 7 heteroatoms. The van der Waals surface area contributed by atoms with Crippen molar-refractivity contribution in [1.29, 1.82) is 0 Å². The number of hydrogen-bond donors (Lipinski definition) is 1. The average Bonchev–Trinajstić information content (AvgIpc) is 3.04. The van der Waals surface area contributed by atoms with Gasteiger partial charge >= 0.3 is 0 Å². The van der Waals surface area contributed by atoms with Gasteiger partial charge in [-0.15, -0.1) is 0 Å². The Morgan fingerprint density at radius 2 is 1.84 bits per heavy atom. The first kappa shape index (κ1) is 12.2. The fourth-order valence-electron chi connectivity index (χ4n) is 1.90. The van der Waals surface area contributed by atoms with Crippen LogP contribution < -0.4 is 5.73 Å². The highest BCUT2D eigenvalue weighted by atomic mass is 19.2. The van der Waals surface area contributed by atoms with E-state index in [-0.39, 0.29) is 16.8 Å². The lowest BCUT2D eigenvalue weighted by molar-refractivity contribution is 0.347. The van der Waals surface area contributed by atoms with Gasteiger partial charge in [0.25, 0.3) is 0 Å². The Morgan fingerprint density at radius 3 is 2.37 bits per heavy atom. The predicted molar refractivity (Wildman–Crippen MR) is 59.6 cm³/mol. The van der Waals surface area contributed by atoms with Crippen molar-refractivity contribution < 1.29 is 17.7 Å². The molecule has 0 amide bonds. The van der Waals surface area contributed by atoms with E-state index in [0.717, 1.165) is 25.0 Å². The van der Waals surface area contributed by atoms with Crippen LogP contribution >= 0.6 is 0 Å². The number of hydrogen-bond acceptors (Lipinski definition) is 4. The van der Waals surface area contributed by atoms with Crippen molar-refractivity contribution in [2.24, 2.45) is 5.73 Å². The topological polar surface area (TPSA) is 64.9 Å². The van der Waals surface area contributed by atoms with Crippen LogP contribution in [0.25, 0.3) is 11.4 Å². The van der Waals surface area contributed by atoms with Crippen LogP contribution in [0.15, 0.2) is 16.7 Å². The number of benzene rings is 1. The maximum atomic E-state index is 13.1. The van der Waals surface area contributed by atoms with Gasteiger partial charge in [-0.05, 0) is 25.0 Å². The average molecular weight is 269 g/mol. The standard InChI is InChI=1S/C12H10F3N3O/c13-7-3-6(4-8(14)9(7)15)10-17-11(19-18-10)12(5-16)1-2-12/h3-4H,1-2,5,16H2. The van der Waals surface area contributed by atoms with Gasteiger partial charge < -0.3 is 10.3 Å². The van der Waals surface area contributed by atoms with Gasteiger partial charge in [0, 0.05) is 12.1 Å². The quantitative estimate of drug-likeness (QED) is 0.867. The van der Waals surface area contributed by atoms with E-state index in [1.807, 2.05) is 0 Å². The van der Waals surface area contributed by atoms with E-state index in [1.54, 1.807) is 0 Å². The van der Waals surface area contributed by atoms with E-state index in [0.29, 0.717) is 12.4 Å². The summed E-state index contributed by atoms with van der Waals surface area (Å²) >= 11 is 0. The molecule has 0 atom stereocenters. The minimum Gasteiger partial charge on any atom is -0.338 e. The SMILES string of the molecule is NCC1(c2nc(-c3cc(F)c(F)c(F)c3)no2)CC1. The molecule has 0 saturated heterocycles. The maximum Gasteiger partial charge on any atom is 0.234 e. The summed E-state index contributed by atoms with van der Waals surface area (Å²) in [5.41, 5.74) is 5.34. The van der Waals surface area contributed by atoms with E-state index >= 15 is 0 Å². The lowest BCUT2D eigenvalue weighted by atomic mass is 10.1. The molecule has 2 aromatic rings. The van der Waals surface area contributed by atoms with Crippen LogP contribution in [0.4, 0.5) is 13.2 Å². The van der Waals surface area contributed by atoms with Crippen molar-refractivity contribution >= 4 is 0 Å². The summed E-state index contributed by atoms with van der Waals surface area (Å²) in [5.74, 6) is -3.72. The molecule has 0 radical (unpaired) electrons. The normalized spacial score (nSPS) is 16.6. The molecule has 3 rings (SSSR count). The Balaban J connectivity index is 1.99. The third-order valence-electron chi connectivity index (χ3n) is 3.37. The first-order chi connectivity index (χ1) is 9.05. The zero-order chi connectivity index (χ0) is 13.6. The highest BCUT2D eigenvalue weighted by Crippen LogP contribution is 2.46. The second-order valence-corrected chi connectivity index (χ2v) is 4.66. The van der Waals surface area contributed by atoms with Gasteiger partial charge in [-0.3, -0.25) is 0 Å². The lowest BCUT2D eigenvalue weighted by Crippen LogP contribution is -2.19. The maximum absolute atomic E-state index is 13.1. The molecule has 2 N–H and O–H groups in total. The highest BCUT2D eigenvalue weighted by molar-refractivity contribution is 5.54. The molecule has 0 aliphatic heterocycles. The fraction of sp³-hybridized carbons (Fsp3) is 0.333. The lowest BCUT2D eigenvalue weighted by Gasteiger charge is -2.03. The molecule has 1 aromatic heterocycles. The highest BCUT2D eigenvalue weighted by Gasteiger charge is 2.48. The van der Waals surface area contributed by atoms with Gasteiger partial charge in [-0.1, -0.05) is 5.16 Å². The smallest absolute Gasteiger partial charge is 0.234 e. The van der Waals surface area contributed by atoms with Crippen LogP contribution in [0.2, 0.25) is 0 Å².